The molecule has 11 heteroatoms. The lowest BCUT2D eigenvalue weighted by Crippen LogP contribution is -2.12. The highest BCUT2D eigenvalue weighted by molar-refractivity contribution is 5.96. The van der Waals surface area contributed by atoms with Gasteiger partial charge in [-0.2, -0.15) is 15.0 Å². The van der Waals surface area contributed by atoms with Gasteiger partial charge in [0.2, 0.25) is 11.8 Å². The summed E-state index contributed by atoms with van der Waals surface area (Å²) in [6.07, 6.45) is 3.34. The number of carbonyl (C=O) groups excluding carboxylic acids is 1. The van der Waals surface area contributed by atoms with E-state index in [2.05, 4.69) is 20.2 Å². The van der Waals surface area contributed by atoms with Gasteiger partial charge in [-0.15, -0.1) is 0 Å². The molecule has 4 rings (SSSR count). The minimum absolute atomic E-state index is 0.0427. The van der Waals surface area contributed by atoms with Gasteiger partial charge in [-0.3, -0.25) is 4.79 Å². The van der Waals surface area contributed by atoms with Crippen LogP contribution in [0, 0.1) is 0 Å². The number of ether oxygens (including phenoxy) is 2. The molecule has 3 heterocycles. The average Bonchev–Trinajstić information content (AvgIpc) is 3.50. The van der Waals surface area contributed by atoms with Crippen LogP contribution in [0.4, 0.5) is 0 Å². The summed E-state index contributed by atoms with van der Waals surface area (Å²) in [4.78, 5) is 21.9. The van der Waals surface area contributed by atoms with Crippen molar-refractivity contribution >= 4 is 5.91 Å². The normalized spacial score (nSPS) is 11.0. The maximum absolute atomic E-state index is 11.9. The number of rotatable bonds is 9. The first-order valence-electron chi connectivity index (χ1n) is 9.31. The Kier molecular flexibility index (Phi) is 5.76. The topological polar surface area (TPSA) is 144 Å². The molecule has 0 fully saturated rings. The molecule has 0 saturated carbocycles. The molecule has 0 aliphatic rings. The number of amides is 1. The fourth-order valence-corrected chi connectivity index (χ4v) is 2.97. The van der Waals surface area contributed by atoms with Crippen molar-refractivity contribution < 1.29 is 23.1 Å². The molecule has 0 bridgehead atoms. The number of oxazole rings is 2. The van der Waals surface area contributed by atoms with E-state index in [1.807, 2.05) is 0 Å². The lowest BCUT2D eigenvalue weighted by molar-refractivity contribution is 0.0996. The van der Waals surface area contributed by atoms with Crippen LogP contribution in [0.3, 0.4) is 0 Å². The molecule has 2 N–H and O–H groups in total. The Morgan fingerprint density at radius 2 is 2.06 bits per heavy atom. The SMILES string of the molecule is COCc1coc(Cn2ncc(Cc3nc(C(N)=O)c(-c4cccc(OC)c4)o3)n2)n1. The third kappa shape index (κ3) is 4.61. The molecule has 1 amide bonds. The van der Waals surface area contributed by atoms with Crippen LogP contribution in [-0.2, 0) is 24.3 Å². The summed E-state index contributed by atoms with van der Waals surface area (Å²) >= 11 is 0. The van der Waals surface area contributed by atoms with Crippen molar-refractivity contribution in [1.82, 2.24) is 25.0 Å². The molecule has 11 nitrogen and oxygen atoms in total. The van der Waals surface area contributed by atoms with Crippen molar-refractivity contribution in [1.29, 1.82) is 0 Å². The predicted octanol–water partition coefficient (Wildman–Crippen LogP) is 1.81. The Balaban J connectivity index is 1.52. The second kappa shape index (κ2) is 8.79. The smallest absolute Gasteiger partial charge is 0.271 e. The number of nitrogens with two attached hydrogens (primary N) is 1. The van der Waals surface area contributed by atoms with Crippen LogP contribution in [0.1, 0.15) is 33.7 Å². The number of primary amides is 1. The summed E-state index contributed by atoms with van der Waals surface area (Å²) in [6, 6.07) is 7.09. The van der Waals surface area contributed by atoms with E-state index in [0.717, 1.165) is 0 Å². The quantitative estimate of drug-likeness (QED) is 0.425. The molecule has 0 atom stereocenters. The van der Waals surface area contributed by atoms with Crippen molar-refractivity contribution in [3.8, 4) is 17.1 Å². The van der Waals surface area contributed by atoms with Crippen molar-refractivity contribution in [3.63, 3.8) is 0 Å². The summed E-state index contributed by atoms with van der Waals surface area (Å²) < 4.78 is 21.5. The van der Waals surface area contributed by atoms with Crippen molar-refractivity contribution in [2.45, 2.75) is 19.6 Å². The van der Waals surface area contributed by atoms with Crippen LogP contribution in [-0.4, -0.2) is 45.1 Å². The van der Waals surface area contributed by atoms with E-state index in [-0.39, 0.29) is 30.3 Å². The monoisotopic (exact) mass is 424 g/mol. The number of benzene rings is 1. The first kappa shape index (κ1) is 20.3. The van der Waals surface area contributed by atoms with Gasteiger partial charge in [0.15, 0.2) is 11.5 Å². The Hall–Kier alpha value is -3.99. The maximum atomic E-state index is 11.9. The minimum atomic E-state index is -0.688. The zero-order valence-electron chi connectivity index (χ0n) is 16.9. The zero-order valence-corrected chi connectivity index (χ0v) is 16.9. The molecule has 160 valence electrons. The molecule has 3 aromatic heterocycles. The number of nitrogens with zero attached hydrogens (tertiary/aromatic N) is 5. The highest BCUT2D eigenvalue weighted by Crippen LogP contribution is 2.28. The number of methoxy groups -OCH3 is 2. The third-order valence-corrected chi connectivity index (χ3v) is 4.32. The van der Waals surface area contributed by atoms with E-state index in [1.54, 1.807) is 44.7 Å². The lowest BCUT2D eigenvalue weighted by atomic mass is 10.1. The number of carbonyl (C=O) groups is 1. The van der Waals surface area contributed by atoms with Gasteiger partial charge in [0, 0.05) is 12.7 Å². The Morgan fingerprint density at radius 3 is 2.84 bits per heavy atom. The van der Waals surface area contributed by atoms with Crippen molar-refractivity contribution in [2.24, 2.45) is 5.73 Å². The van der Waals surface area contributed by atoms with E-state index < -0.39 is 5.91 Å². The van der Waals surface area contributed by atoms with Gasteiger partial charge < -0.3 is 24.0 Å². The first-order chi connectivity index (χ1) is 15.1. The standard InChI is InChI=1S/C20H20N6O5/c1-28-10-14-11-30-17(23-14)9-26-22-8-13(25-26)7-16-24-18(20(21)27)19(31-16)12-4-3-5-15(6-12)29-2/h3-6,8,11H,7,9-10H2,1-2H3,(H2,21,27). The molecule has 0 saturated heterocycles. The molecule has 0 spiro atoms. The molecular formula is C20H20N6O5. The Morgan fingerprint density at radius 1 is 1.19 bits per heavy atom. The Bertz CT molecular complexity index is 1190. The summed E-state index contributed by atoms with van der Waals surface area (Å²) in [7, 11) is 3.14. The van der Waals surface area contributed by atoms with Crippen LogP contribution < -0.4 is 10.5 Å². The summed E-state index contributed by atoms with van der Waals surface area (Å²) in [5.74, 6) is 0.958. The van der Waals surface area contributed by atoms with Crippen molar-refractivity contribution in [2.75, 3.05) is 14.2 Å². The second-order valence-corrected chi connectivity index (χ2v) is 6.59. The minimum Gasteiger partial charge on any atom is -0.497 e. The highest BCUT2D eigenvalue weighted by atomic mass is 16.5. The van der Waals surface area contributed by atoms with E-state index in [0.29, 0.717) is 35.2 Å². The molecule has 0 aliphatic heterocycles. The maximum Gasteiger partial charge on any atom is 0.271 e. The predicted molar refractivity (Wildman–Crippen MR) is 106 cm³/mol. The fourth-order valence-electron chi connectivity index (χ4n) is 2.97. The Labute approximate surface area is 176 Å². The molecule has 1 aromatic carbocycles. The van der Waals surface area contributed by atoms with Gasteiger partial charge >= 0.3 is 0 Å². The average molecular weight is 424 g/mol. The zero-order chi connectivity index (χ0) is 21.8. The molecular weight excluding hydrogens is 404 g/mol. The lowest BCUT2D eigenvalue weighted by Gasteiger charge is -2.02. The van der Waals surface area contributed by atoms with Crippen LogP contribution in [0.25, 0.3) is 11.3 Å². The van der Waals surface area contributed by atoms with Gasteiger partial charge in [-0.1, -0.05) is 12.1 Å². The van der Waals surface area contributed by atoms with Crippen LogP contribution in [0.15, 0.2) is 45.6 Å². The van der Waals surface area contributed by atoms with Gasteiger partial charge in [-0.25, -0.2) is 9.97 Å². The van der Waals surface area contributed by atoms with E-state index in [1.165, 1.54) is 11.1 Å². The summed E-state index contributed by atoms with van der Waals surface area (Å²) in [6.45, 7) is 0.625. The number of hydrogen-bond donors (Lipinski definition) is 1. The van der Waals surface area contributed by atoms with E-state index >= 15 is 0 Å². The highest BCUT2D eigenvalue weighted by Gasteiger charge is 2.21. The molecule has 0 unspecified atom stereocenters. The van der Waals surface area contributed by atoms with Crippen LogP contribution in [0.2, 0.25) is 0 Å². The van der Waals surface area contributed by atoms with Gasteiger partial charge in [0.1, 0.15) is 24.3 Å². The summed E-state index contributed by atoms with van der Waals surface area (Å²) in [5.41, 5.74) is 7.45. The molecule has 4 aromatic rings. The summed E-state index contributed by atoms with van der Waals surface area (Å²) in [5, 5.41) is 8.58. The third-order valence-electron chi connectivity index (χ3n) is 4.32. The molecule has 0 aliphatic carbocycles. The van der Waals surface area contributed by atoms with Gasteiger partial charge in [-0.05, 0) is 12.1 Å². The first-order valence-corrected chi connectivity index (χ1v) is 9.31. The van der Waals surface area contributed by atoms with Crippen LogP contribution >= 0.6 is 0 Å². The van der Waals surface area contributed by atoms with Gasteiger partial charge in [0.05, 0.1) is 32.0 Å². The van der Waals surface area contributed by atoms with E-state index in [4.69, 9.17) is 24.0 Å². The van der Waals surface area contributed by atoms with Crippen LogP contribution in [0.5, 0.6) is 5.75 Å². The number of aromatic nitrogens is 5. The van der Waals surface area contributed by atoms with Gasteiger partial charge in [0.25, 0.3) is 5.91 Å². The number of hydrogen-bond acceptors (Lipinski definition) is 9. The second-order valence-electron chi connectivity index (χ2n) is 6.59. The fraction of sp³-hybridized carbons (Fsp3) is 0.250. The van der Waals surface area contributed by atoms with E-state index in [9.17, 15) is 4.79 Å². The molecule has 0 radical (unpaired) electrons. The molecule has 31 heavy (non-hydrogen) atoms. The largest absolute Gasteiger partial charge is 0.497 e. The van der Waals surface area contributed by atoms with Crippen molar-refractivity contribution in [3.05, 3.63) is 65.6 Å².